The predicted octanol–water partition coefficient (Wildman–Crippen LogP) is 1.34. The second-order valence-electron chi connectivity index (χ2n) is 5.64. The van der Waals surface area contributed by atoms with Crippen LogP contribution in [0.15, 0.2) is 35.4 Å². The molecule has 0 radical (unpaired) electrons. The summed E-state index contributed by atoms with van der Waals surface area (Å²) in [7, 11) is 1.81. The van der Waals surface area contributed by atoms with Crippen LogP contribution in [0.1, 0.15) is 28.3 Å². The van der Waals surface area contributed by atoms with Gasteiger partial charge in [0, 0.05) is 32.3 Å². The first-order valence-corrected chi connectivity index (χ1v) is 7.07. The first kappa shape index (κ1) is 14.4. The van der Waals surface area contributed by atoms with Gasteiger partial charge in [-0.25, -0.2) is 0 Å². The van der Waals surface area contributed by atoms with Gasteiger partial charge in [-0.05, 0) is 18.1 Å². The number of rotatable bonds is 3. The lowest BCUT2D eigenvalue weighted by Crippen LogP contribution is -2.45. The number of aromatic nitrogens is 2. The summed E-state index contributed by atoms with van der Waals surface area (Å²) in [6.07, 6.45) is 6.93. The van der Waals surface area contributed by atoms with Gasteiger partial charge in [-0.3, -0.25) is 14.3 Å². The molecule has 2 unspecified atom stereocenters. The summed E-state index contributed by atoms with van der Waals surface area (Å²) in [5, 5.41) is 13.5. The number of piperidine rings is 1. The number of amides is 1. The van der Waals surface area contributed by atoms with E-state index in [9.17, 15) is 14.7 Å². The molecule has 22 heavy (non-hydrogen) atoms. The summed E-state index contributed by atoms with van der Waals surface area (Å²) >= 11 is 0. The quantitative estimate of drug-likeness (QED) is 0.924. The number of likely N-dealkylation sites (tertiary alicyclic amines) is 1. The van der Waals surface area contributed by atoms with Crippen molar-refractivity contribution in [1.82, 2.24) is 14.7 Å². The van der Waals surface area contributed by atoms with Gasteiger partial charge >= 0.3 is 5.97 Å². The Bertz CT molecular complexity index is 677. The Morgan fingerprint density at radius 3 is 2.82 bits per heavy atom. The zero-order valence-corrected chi connectivity index (χ0v) is 12.2. The van der Waals surface area contributed by atoms with Crippen molar-refractivity contribution in [2.75, 3.05) is 13.1 Å². The van der Waals surface area contributed by atoms with E-state index in [4.69, 9.17) is 4.42 Å². The van der Waals surface area contributed by atoms with Crippen LogP contribution in [0.5, 0.6) is 0 Å². The minimum atomic E-state index is -0.876. The van der Waals surface area contributed by atoms with Crippen molar-refractivity contribution >= 4 is 11.9 Å². The van der Waals surface area contributed by atoms with Crippen LogP contribution in [-0.4, -0.2) is 44.8 Å². The maximum atomic E-state index is 12.5. The van der Waals surface area contributed by atoms with Crippen molar-refractivity contribution in [1.29, 1.82) is 0 Å². The number of hydrogen-bond donors (Lipinski definition) is 1. The Kier molecular flexibility index (Phi) is 3.70. The van der Waals surface area contributed by atoms with Crippen molar-refractivity contribution in [3.63, 3.8) is 0 Å². The van der Waals surface area contributed by atoms with E-state index in [0.717, 1.165) is 5.56 Å². The number of carbonyl (C=O) groups excluding carboxylic acids is 1. The number of aliphatic carboxylic acids is 1. The van der Waals surface area contributed by atoms with Crippen LogP contribution < -0.4 is 0 Å². The fourth-order valence-electron chi connectivity index (χ4n) is 2.91. The van der Waals surface area contributed by atoms with Crippen molar-refractivity contribution in [3.05, 3.63) is 42.1 Å². The lowest BCUT2D eigenvalue weighted by molar-refractivity contribution is -0.143. The smallest absolute Gasteiger partial charge is 0.308 e. The Labute approximate surface area is 127 Å². The molecular weight excluding hydrogens is 286 g/mol. The van der Waals surface area contributed by atoms with Gasteiger partial charge in [0.2, 0.25) is 0 Å². The molecule has 0 aromatic carbocycles. The van der Waals surface area contributed by atoms with Gasteiger partial charge in [0.1, 0.15) is 6.26 Å². The Balaban J connectivity index is 1.84. The molecule has 1 aliphatic rings. The number of nitrogens with zero attached hydrogens (tertiary/aromatic N) is 3. The summed E-state index contributed by atoms with van der Waals surface area (Å²) in [5.74, 6) is -1.68. The molecule has 2 aromatic rings. The van der Waals surface area contributed by atoms with Crippen molar-refractivity contribution < 1.29 is 19.1 Å². The Morgan fingerprint density at radius 2 is 2.23 bits per heavy atom. The van der Waals surface area contributed by atoms with Crippen LogP contribution in [0, 0.1) is 5.92 Å². The third-order valence-corrected chi connectivity index (χ3v) is 4.05. The number of carboxylic acid groups (broad SMARTS) is 1. The van der Waals surface area contributed by atoms with Gasteiger partial charge in [0.15, 0.2) is 0 Å². The standard InChI is InChI=1S/C15H17N3O4/c1-17-6-13(5-16-17)11-4-12(15(20)21)8-18(7-11)14(19)10-2-3-22-9-10/h2-3,5-6,9,11-12H,4,7-8H2,1H3,(H,20,21). The van der Waals surface area contributed by atoms with Crippen LogP contribution in [0.25, 0.3) is 0 Å². The zero-order chi connectivity index (χ0) is 15.7. The largest absolute Gasteiger partial charge is 0.481 e. The zero-order valence-electron chi connectivity index (χ0n) is 12.2. The molecular formula is C15H17N3O4. The summed E-state index contributed by atoms with van der Waals surface area (Å²) in [5.41, 5.74) is 1.40. The third-order valence-electron chi connectivity index (χ3n) is 4.05. The molecule has 3 rings (SSSR count). The number of carboxylic acids is 1. The van der Waals surface area contributed by atoms with Gasteiger partial charge in [-0.15, -0.1) is 0 Å². The summed E-state index contributed by atoms with van der Waals surface area (Å²) < 4.78 is 6.62. The van der Waals surface area contributed by atoms with E-state index in [1.807, 2.05) is 13.2 Å². The molecule has 1 amide bonds. The molecule has 0 spiro atoms. The fraction of sp³-hybridized carbons (Fsp3) is 0.400. The third kappa shape index (κ3) is 2.74. The molecule has 2 aromatic heterocycles. The highest BCUT2D eigenvalue weighted by Crippen LogP contribution is 2.31. The number of furan rings is 1. The highest BCUT2D eigenvalue weighted by Gasteiger charge is 2.35. The van der Waals surface area contributed by atoms with Gasteiger partial charge in [-0.2, -0.15) is 5.10 Å². The normalized spacial score (nSPS) is 21.8. The van der Waals surface area contributed by atoms with E-state index in [2.05, 4.69) is 5.10 Å². The summed E-state index contributed by atoms with van der Waals surface area (Å²) in [4.78, 5) is 25.5. The van der Waals surface area contributed by atoms with Crippen LogP contribution >= 0.6 is 0 Å². The molecule has 116 valence electrons. The van der Waals surface area contributed by atoms with E-state index in [-0.39, 0.29) is 18.4 Å². The van der Waals surface area contributed by atoms with Crippen LogP contribution in [-0.2, 0) is 11.8 Å². The molecule has 0 bridgehead atoms. The molecule has 1 N–H and O–H groups in total. The monoisotopic (exact) mass is 303 g/mol. The Morgan fingerprint density at radius 1 is 1.41 bits per heavy atom. The Hall–Kier alpha value is -2.57. The number of carbonyl (C=O) groups is 2. The van der Waals surface area contributed by atoms with E-state index in [1.165, 1.54) is 12.5 Å². The minimum absolute atomic E-state index is 0.0283. The van der Waals surface area contributed by atoms with E-state index < -0.39 is 11.9 Å². The van der Waals surface area contributed by atoms with Gasteiger partial charge in [0.25, 0.3) is 5.91 Å². The molecule has 1 aliphatic heterocycles. The van der Waals surface area contributed by atoms with Crippen LogP contribution in [0.4, 0.5) is 0 Å². The van der Waals surface area contributed by atoms with E-state index in [0.29, 0.717) is 18.5 Å². The maximum absolute atomic E-state index is 12.5. The SMILES string of the molecule is Cn1cc(C2CC(C(=O)O)CN(C(=O)c3ccoc3)C2)cn1. The fourth-order valence-corrected chi connectivity index (χ4v) is 2.91. The number of hydrogen-bond acceptors (Lipinski definition) is 4. The van der Waals surface area contributed by atoms with Crippen molar-refractivity contribution in [3.8, 4) is 0 Å². The highest BCUT2D eigenvalue weighted by atomic mass is 16.4. The molecule has 0 saturated carbocycles. The summed E-state index contributed by atoms with van der Waals surface area (Å²) in [6.45, 7) is 0.704. The first-order chi connectivity index (χ1) is 10.5. The maximum Gasteiger partial charge on any atom is 0.308 e. The highest BCUT2D eigenvalue weighted by molar-refractivity contribution is 5.94. The van der Waals surface area contributed by atoms with Gasteiger partial charge in [0.05, 0.1) is 23.9 Å². The molecule has 3 heterocycles. The van der Waals surface area contributed by atoms with Crippen LogP contribution in [0.2, 0.25) is 0 Å². The second-order valence-corrected chi connectivity index (χ2v) is 5.64. The molecule has 7 heteroatoms. The molecule has 7 nitrogen and oxygen atoms in total. The average molecular weight is 303 g/mol. The lowest BCUT2D eigenvalue weighted by Gasteiger charge is -2.35. The minimum Gasteiger partial charge on any atom is -0.481 e. The molecule has 1 saturated heterocycles. The van der Waals surface area contributed by atoms with E-state index in [1.54, 1.807) is 21.8 Å². The van der Waals surface area contributed by atoms with Crippen molar-refractivity contribution in [2.45, 2.75) is 12.3 Å². The van der Waals surface area contributed by atoms with Crippen molar-refractivity contribution in [2.24, 2.45) is 13.0 Å². The molecule has 1 fully saturated rings. The molecule has 0 aliphatic carbocycles. The van der Waals surface area contributed by atoms with Gasteiger partial charge < -0.3 is 14.4 Å². The molecule has 2 atom stereocenters. The van der Waals surface area contributed by atoms with Crippen LogP contribution in [0.3, 0.4) is 0 Å². The van der Waals surface area contributed by atoms with Gasteiger partial charge in [-0.1, -0.05) is 0 Å². The lowest BCUT2D eigenvalue weighted by atomic mass is 9.85. The summed E-state index contributed by atoms with van der Waals surface area (Å²) in [6, 6.07) is 1.59. The van der Waals surface area contributed by atoms with E-state index >= 15 is 0 Å². The second kappa shape index (κ2) is 5.67. The first-order valence-electron chi connectivity index (χ1n) is 7.07. The predicted molar refractivity (Wildman–Crippen MR) is 76.3 cm³/mol. The average Bonchev–Trinajstić information content (AvgIpc) is 3.17. The topological polar surface area (TPSA) is 88.6 Å². The number of aryl methyl sites for hydroxylation is 1.